The van der Waals surface area contributed by atoms with Crippen LogP contribution in [0.1, 0.15) is 44.5 Å². The first-order chi connectivity index (χ1) is 31.3. The molecule has 2 aliphatic carbocycles. The van der Waals surface area contributed by atoms with E-state index in [-0.39, 0.29) is 0 Å². The molecule has 0 atom stereocenters. The van der Waals surface area contributed by atoms with Crippen molar-refractivity contribution in [1.29, 1.82) is 0 Å². The molecule has 10 aromatic carbocycles. The standard InChI is InChI=1S/C62H43N/c1-5-19-44(20-6-1)45-33-37-50(38-34-45)63(51-39-35-49(36-40-51)61(46-21-7-2-8-22-46)57-30-16-13-27-53(57)54-28-14-17-31-58(54)61)52-41-42-56-55-29-15-18-32-59(55)62(60(56)43-52,47-23-9-3-10-24-47)48-25-11-4-12-26-48/h1-43H. The van der Waals surface area contributed by atoms with Gasteiger partial charge in [-0.15, -0.1) is 0 Å². The molecular weight excluding hydrogens is 759 g/mol. The van der Waals surface area contributed by atoms with Crippen molar-refractivity contribution in [3.63, 3.8) is 0 Å². The van der Waals surface area contributed by atoms with E-state index in [1.165, 1.54) is 77.9 Å². The van der Waals surface area contributed by atoms with Crippen LogP contribution in [-0.2, 0) is 10.8 Å². The van der Waals surface area contributed by atoms with E-state index < -0.39 is 10.8 Å². The summed E-state index contributed by atoms with van der Waals surface area (Å²) < 4.78 is 0. The molecule has 0 N–H and O–H groups in total. The number of hydrogen-bond donors (Lipinski definition) is 0. The third kappa shape index (κ3) is 5.56. The van der Waals surface area contributed by atoms with E-state index in [9.17, 15) is 0 Å². The maximum absolute atomic E-state index is 2.46. The van der Waals surface area contributed by atoms with Gasteiger partial charge >= 0.3 is 0 Å². The van der Waals surface area contributed by atoms with Crippen LogP contribution in [0.3, 0.4) is 0 Å². The fraction of sp³-hybridized carbons (Fsp3) is 0.0323. The van der Waals surface area contributed by atoms with Crippen LogP contribution < -0.4 is 4.90 Å². The zero-order chi connectivity index (χ0) is 41.8. The Morgan fingerprint density at radius 3 is 1.00 bits per heavy atom. The van der Waals surface area contributed by atoms with Gasteiger partial charge in [0.25, 0.3) is 0 Å². The van der Waals surface area contributed by atoms with E-state index in [0.29, 0.717) is 0 Å². The summed E-state index contributed by atoms with van der Waals surface area (Å²) in [6, 6.07) is 96.3. The Labute approximate surface area is 369 Å². The molecule has 12 rings (SSSR count). The Morgan fingerprint density at radius 1 is 0.222 bits per heavy atom. The average Bonchev–Trinajstić information content (AvgIpc) is 3.84. The molecule has 1 nitrogen and oxygen atoms in total. The molecule has 0 amide bonds. The molecule has 0 unspecified atom stereocenters. The van der Waals surface area contributed by atoms with Crippen LogP contribution in [0.4, 0.5) is 17.1 Å². The molecule has 0 fully saturated rings. The summed E-state index contributed by atoms with van der Waals surface area (Å²) in [5.74, 6) is 0. The summed E-state index contributed by atoms with van der Waals surface area (Å²) in [6.45, 7) is 0. The fourth-order valence-corrected chi connectivity index (χ4v) is 11.0. The highest BCUT2D eigenvalue weighted by atomic mass is 15.1. The molecular formula is C62H43N. The van der Waals surface area contributed by atoms with Crippen molar-refractivity contribution in [2.24, 2.45) is 0 Å². The van der Waals surface area contributed by atoms with Crippen molar-refractivity contribution < 1.29 is 0 Å². The van der Waals surface area contributed by atoms with Crippen molar-refractivity contribution in [3.05, 3.63) is 305 Å². The molecule has 10 aromatic rings. The summed E-state index contributed by atoms with van der Waals surface area (Å²) >= 11 is 0. The number of hydrogen-bond acceptors (Lipinski definition) is 1. The number of anilines is 3. The predicted octanol–water partition coefficient (Wildman–Crippen LogP) is 15.5. The van der Waals surface area contributed by atoms with Crippen LogP contribution >= 0.6 is 0 Å². The van der Waals surface area contributed by atoms with Gasteiger partial charge < -0.3 is 4.90 Å². The minimum Gasteiger partial charge on any atom is -0.310 e. The quantitative estimate of drug-likeness (QED) is 0.148. The van der Waals surface area contributed by atoms with Gasteiger partial charge in [-0.05, 0) is 114 Å². The van der Waals surface area contributed by atoms with Crippen LogP contribution in [0.2, 0.25) is 0 Å². The van der Waals surface area contributed by atoms with E-state index in [2.05, 4.69) is 266 Å². The maximum Gasteiger partial charge on any atom is 0.0714 e. The van der Waals surface area contributed by atoms with Gasteiger partial charge in [0.05, 0.1) is 10.8 Å². The van der Waals surface area contributed by atoms with E-state index in [1.54, 1.807) is 0 Å². The molecule has 296 valence electrons. The molecule has 0 heterocycles. The zero-order valence-electron chi connectivity index (χ0n) is 34.8. The largest absolute Gasteiger partial charge is 0.310 e. The lowest BCUT2D eigenvalue weighted by Crippen LogP contribution is -2.29. The Kier molecular flexibility index (Phi) is 8.69. The SMILES string of the molecule is c1ccc(-c2ccc(N(c3ccc(C4(c5ccccc5)c5ccccc5-c5ccccc54)cc3)c3ccc4c(c3)C(c3ccccc3)(c3ccccc3)c3ccccc3-4)cc2)cc1. The highest BCUT2D eigenvalue weighted by molar-refractivity contribution is 5.90. The van der Waals surface area contributed by atoms with Gasteiger partial charge in [-0.2, -0.15) is 0 Å². The van der Waals surface area contributed by atoms with Gasteiger partial charge in [0.15, 0.2) is 0 Å². The van der Waals surface area contributed by atoms with Crippen molar-refractivity contribution >= 4 is 17.1 Å². The zero-order valence-corrected chi connectivity index (χ0v) is 34.8. The second-order valence-corrected chi connectivity index (χ2v) is 16.8. The molecule has 0 saturated heterocycles. The number of nitrogens with zero attached hydrogens (tertiary/aromatic N) is 1. The van der Waals surface area contributed by atoms with Crippen LogP contribution in [0, 0.1) is 0 Å². The first-order valence-corrected chi connectivity index (χ1v) is 21.9. The van der Waals surface area contributed by atoms with Gasteiger partial charge in [-0.25, -0.2) is 0 Å². The van der Waals surface area contributed by atoms with Crippen molar-refractivity contribution in [3.8, 4) is 33.4 Å². The van der Waals surface area contributed by atoms with Gasteiger partial charge in [0.2, 0.25) is 0 Å². The smallest absolute Gasteiger partial charge is 0.0714 e. The topological polar surface area (TPSA) is 3.24 Å². The van der Waals surface area contributed by atoms with Crippen molar-refractivity contribution in [2.75, 3.05) is 4.90 Å². The Morgan fingerprint density at radius 2 is 0.540 bits per heavy atom. The normalized spacial score (nSPS) is 13.7. The fourth-order valence-electron chi connectivity index (χ4n) is 11.0. The minimum atomic E-state index is -0.511. The Bertz CT molecular complexity index is 3160. The third-order valence-electron chi connectivity index (χ3n) is 13.7. The molecule has 0 bridgehead atoms. The molecule has 63 heavy (non-hydrogen) atoms. The summed E-state index contributed by atoms with van der Waals surface area (Å²) in [6.07, 6.45) is 0. The second kappa shape index (κ2) is 14.9. The number of rotatable bonds is 8. The maximum atomic E-state index is 2.46. The van der Waals surface area contributed by atoms with Gasteiger partial charge in [0.1, 0.15) is 0 Å². The minimum absolute atomic E-state index is 0.473. The summed E-state index contributed by atoms with van der Waals surface area (Å²) in [4.78, 5) is 2.44. The van der Waals surface area contributed by atoms with Crippen molar-refractivity contribution in [2.45, 2.75) is 10.8 Å². The highest BCUT2D eigenvalue weighted by Gasteiger charge is 2.47. The Hall–Kier alpha value is -8.00. The summed E-state index contributed by atoms with van der Waals surface area (Å²) in [5.41, 5.74) is 20.1. The predicted molar refractivity (Wildman–Crippen MR) is 261 cm³/mol. The lowest BCUT2D eigenvalue weighted by atomic mass is 9.67. The van der Waals surface area contributed by atoms with Crippen molar-refractivity contribution in [1.82, 2.24) is 0 Å². The first-order valence-electron chi connectivity index (χ1n) is 21.9. The average molecular weight is 802 g/mol. The summed E-state index contributed by atoms with van der Waals surface area (Å²) in [7, 11) is 0. The summed E-state index contributed by atoms with van der Waals surface area (Å²) in [5, 5.41) is 0. The first kappa shape index (κ1) is 36.8. The second-order valence-electron chi connectivity index (χ2n) is 16.8. The van der Waals surface area contributed by atoms with Gasteiger partial charge in [0, 0.05) is 17.1 Å². The molecule has 0 aliphatic heterocycles. The highest BCUT2D eigenvalue weighted by Crippen LogP contribution is 2.58. The van der Waals surface area contributed by atoms with E-state index in [4.69, 9.17) is 0 Å². The Balaban J connectivity index is 1.07. The molecule has 0 aromatic heterocycles. The number of benzene rings is 10. The van der Waals surface area contributed by atoms with E-state index in [1.807, 2.05) is 0 Å². The van der Waals surface area contributed by atoms with Crippen LogP contribution in [0.5, 0.6) is 0 Å². The van der Waals surface area contributed by atoms with Crippen LogP contribution in [0.25, 0.3) is 33.4 Å². The van der Waals surface area contributed by atoms with Crippen LogP contribution in [0.15, 0.2) is 261 Å². The van der Waals surface area contributed by atoms with Gasteiger partial charge in [-0.1, -0.05) is 224 Å². The third-order valence-corrected chi connectivity index (χ3v) is 13.7. The lowest BCUT2D eigenvalue weighted by Gasteiger charge is -2.35. The number of fused-ring (bicyclic) bond motifs is 6. The molecule has 2 aliphatic rings. The molecule has 0 saturated carbocycles. The monoisotopic (exact) mass is 801 g/mol. The molecule has 0 radical (unpaired) electrons. The molecule has 1 heteroatoms. The van der Waals surface area contributed by atoms with E-state index in [0.717, 1.165) is 17.1 Å². The molecule has 0 spiro atoms. The van der Waals surface area contributed by atoms with Gasteiger partial charge in [-0.3, -0.25) is 0 Å². The van der Waals surface area contributed by atoms with Crippen LogP contribution in [-0.4, -0.2) is 0 Å². The van der Waals surface area contributed by atoms with E-state index >= 15 is 0 Å². The lowest BCUT2D eigenvalue weighted by molar-refractivity contribution is 0.768.